The van der Waals surface area contributed by atoms with E-state index in [1.165, 1.54) is 36.2 Å². The average molecular weight is 518 g/mol. The van der Waals surface area contributed by atoms with Gasteiger partial charge in [-0.2, -0.15) is 0 Å². The van der Waals surface area contributed by atoms with Gasteiger partial charge in [0.1, 0.15) is 11.9 Å². The van der Waals surface area contributed by atoms with E-state index in [9.17, 15) is 22.4 Å². The van der Waals surface area contributed by atoms with Gasteiger partial charge in [-0.25, -0.2) is 12.8 Å². The minimum atomic E-state index is -3.78. The van der Waals surface area contributed by atoms with Crippen LogP contribution in [0.5, 0.6) is 0 Å². The molecule has 1 N–H and O–H groups in total. The van der Waals surface area contributed by atoms with E-state index in [1.54, 1.807) is 25.1 Å². The molecule has 2 rings (SSSR count). The zero-order valence-corrected chi connectivity index (χ0v) is 20.8. The van der Waals surface area contributed by atoms with Crippen LogP contribution >= 0.6 is 23.2 Å². The van der Waals surface area contributed by atoms with Crippen molar-refractivity contribution in [3.63, 3.8) is 0 Å². The Hall–Kier alpha value is -2.36. The smallest absolute Gasteiger partial charge is 0.242 e. The fraction of sp³-hybridized carbons (Fsp3) is 0.364. The van der Waals surface area contributed by atoms with Crippen molar-refractivity contribution in [3.05, 3.63) is 63.9 Å². The number of benzene rings is 2. The lowest BCUT2D eigenvalue weighted by Gasteiger charge is -2.29. The number of rotatable bonds is 10. The summed E-state index contributed by atoms with van der Waals surface area (Å²) in [5, 5.41) is 3.22. The molecule has 0 aromatic heterocycles. The number of para-hydroxylation sites is 1. The molecule has 0 saturated heterocycles. The van der Waals surface area contributed by atoms with Gasteiger partial charge < -0.3 is 10.2 Å². The summed E-state index contributed by atoms with van der Waals surface area (Å²) in [6.07, 6.45) is 0.998. The molecule has 33 heavy (non-hydrogen) atoms. The molecule has 0 spiro atoms. The van der Waals surface area contributed by atoms with Crippen LogP contribution in [-0.2, 0) is 26.2 Å². The van der Waals surface area contributed by atoms with E-state index in [1.807, 2.05) is 0 Å². The highest BCUT2D eigenvalue weighted by molar-refractivity contribution is 7.92. The Morgan fingerprint density at radius 2 is 1.70 bits per heavy atom. The summed E-state index contributed by atoms with van der Waals surface area (Å²) in [7, 11) is -2.32. The van der Waals surface area contributed by atoms with E-state index in [4.69, 9.17) is 23.2 Å². The maximum Gasteiger partial charge on any atom is 0.242 e. The largest absolute Gasteiger partial charge is 0.357 e. The Balaban J connectivity index is 2.21. The predicted molar refractivity (Wildman–Crippen MR) is 128 cm³/mol. The van der Waals surface area contributed by atoms with Gasteiger partial charge in [-0.05, 0) is 37.6 Å². The van der Waals surface area contributed by atoms with E-state index in [2.05, 4.69) is 5.32 Å². The second-order valence-electron chi connectivity index (χ2n) is 7.40. The Morgan fingerprint density at radius 1 is 1.09 bits per heavy atom. The second kappa shape index (κ2) is 11.7. The van der Waals surface area contributed by atoms with Crippen molar-refractivity contribution in [2.45, 2.75) is 32.4 Å². The van der Waals surface area contributed by atoms with Crippen molar-refractivity contribution in [2.75, 3.05) is 24.2 Å². The summed E-state index contributed by atoms with van der Waals surface area (Å²) in [6.45, 7) is 1.46. The molecule has 0 aliphatic rings. The molecule has 1 atom stereocenters. The average Bonchev–Trinajstić information content (AvgIpc) is 2.75. The summed E-state index contributed by atoms with van der Waals surface area (Å²) < 4.78 is 39.6. The van der Waals surface area contributed by atoms with Crippen LogP contribution in [0.25, 0.3) is 0 Å². The summed E-state index contributed by atoms with van der Waals surface area (Å²) >= 11 is 12.5. The number of nitrogens with zero attached hydrogens (tertiary/aromatic N) is 2. The molecule has 2 aromatic carbocycles. The maximum atomic E-state index is 14.2. The first-order valence-corrected chi connectivity index (χ1v) is 12.7. The molecular formula is C22H26Cl2FN3O4S. The molecule has 11 heteroatoms. The van der Waals surface area contributed by atoms with Gasteiger partial charge in [0.25, 0.3) is 0 Å². The highest BCUT2D eigenvalue weighted by Crippen LogP contribution is 2.27. The normalized spacial score (nSPS) is 12.2. The van der Waals surface area contributed by atoms with Gasteiger partial charge in [0.05, 0.1) is 11.9 Å². The number of hydrogen-bond acceptors (Lipinski definition) is 4. The molecule has 180 valence electrons. The number of carbonyl (C=O) groups is 2. The lowest BCUT2D eigenvalue weighted by Crippen LogP contribution is -2.47. The topological polar surface area (TPSA) is 86.8 Å². The van der Waals surface area contributed by atoms with Crippen molar-refractivity contribution >= 4 is 50.7 Å². The van der Waals surface area contributed by atoms with Crippen LogP contribution in [0.2, 0.25) is 10.0 Å². The number of anilines is 1. The number of carbonyl (C=O) groups excluding carboxylic acids is 2. The predicted octanol–water partition coefficient (Wildman–Crippen LogP) is 3.84. The summed E-state index contributed by atoms with van der Waals surface area (Å²) in [5.74, 6) is -1.46. The third-order valence-electron chi connectivity index (χ3n) is 5.08. The lowest BCUT2D eigenvalue weighted by atomic mass is 10.1. The van der Waals surface area contributed by atoms with Crippen molar-refractivity contribution < 1.29 is 22.4 Å². The van der Waals surface area contributed by atoms with Crippen LogP contribution in [-0.4, -0.2) is 51.0 Å². The molecule has 7 nitrogen and oxygen atoms in total. The number of halogens is 3. The first-order chi connectivity index (χ1) is 15.5. The zero-order chi connectivity index (χ0) is 24.8. The monoisotopic (exact) mass is 517 g/mol. The molecule has 0 radical (unpaired) electrons. The fourth-order valence-electron chi connectivity index (χ4n) is 3.28. The SMILES string of the molecule is CNC(=O)[C@@H](C)N(Cc1c(Cl)cccc1Cl)C(=O)CCCN(c1ccccc1F)S(C)(=O)=O. The Kier molecular flexibility index (Phi) is 9.51. The van der Waals surface area contributed by atoms with Crippen LogP contribution < -0.4 is 9.62 Å². The van der Waals surface area contributed by atoms with Crippen molar-refractivity contribution in [3.8, 4) is 0 Å². The highest BCUT2D eigenvalue weighted by atomic mass is 35.5. The molecule has 2 aromatic rings. The Bertz CT molecular complexity index is 1090. The van der Waals surface area contributed by atoms with Crippen molar-refractivity contribution in [1.82, 2.24) is 10.2 Å². The molecule has 0 aliphatic carbocycles. The van der Waals surface area contributed by atoms with E-state index >= 15 is 0 Å². The van der Waals surface area contributed by atoms with Crippen LogP contribution in [0.3, 0.4) is 0 Å². The number of amides is 2. The van der Waals surface area contributed by atoms with Gasteiger partial charge in [0.15, 0.2) is 0 Å². The number of nitrogens with one attached hydrogen (secondary N) is 1. The van der Waals surface area contributed by atoms with E-state index in [-0.39, 0.29) is 37.5 Å². The molecule has 0 fully saturated rings. The first-order valence-electron chi connectivity index (χ1n) is 10.1. The Labute approximate surface area is 203 Å². The molecular weight excluding hydrogens is 492 g/mol. The van der Waals surface area contributed by atoms with Gasteiger partial charge in [-0.15, -0.1) is 0 Å². The lowest BCUT2D eigenvalue weighted by molar-refractivity contribution is -0.140. The maximum absolute atomic E-state index is 14.2. The van der Waals surface area contributed by atoms with Crippen molar-refractivity contribution in [1.29, 1.82) is 0 Å². The molecule has 0 heterocycles. The number of hydrogen-bond donors (Lipinski definition) is 1. The molecule has 2 amide bonds. The number of sulfonamides is 1. The van der Waals surface area contributed by atoms with Gasteiger partial charge in [-0.3, -0.25) is 13.9 Å². The van der Waals surface area contributed by atoms with Crippen LogP contribution in [0.15, 0.2) is 42.5 Å². The van der Waals surface area contributed by atoms with Gasteiger partial charge >= 0.3 is 0 Å². The van der Waals surface area contributed by atoms with E-state index < -0.39 is 27.8 Å². The fourth-order valence-corrected chi connectivity index (χ4v) is 4.76. The van der Waals surface area contributed by atoms with Gasteiger partial charge in [0, 0.05) is 42.2 Å². The van der Waals surface area contributed by atoms with Crippen LogP contribution in [0, 0.1) is 5.82 Å². The minimum Gasteiger partial charge on any atom is -0.357 e. The van der Waals surface area contributed by atoms with Crippen LogP contribution in [0.4, 0.5) is 10.1 Å². The van der Waals surface area contributed by atoms with Crippen LogP contribution in [0.1, 0.15) is 25.3 Å². The molecule has 0 aliphatic heterocycles. The second-order valence-corrected chi connectivity index (χ2v) is 10.1. The highest BCUT2D eigenvalue weighted by Gasteiger charge is 2.27. The molecule has 0 saturated carbocycles. The Morgan fingerprint density at radius 3 is 2.24 bits per heavy atom. The standard InChI is InChI=1S/C22H26Cl2FN3O4S/c1-15(22(30)26-2)27(14-16-17(23)8-6-9-18(16)24)21(29)12-7-13-28(33(3,31)32)20-11-5-4-10-19(20)25/h4-6,8-11,15H,7,12-14H2,1-3H3,(H,26,30)/t15-/m1/s1. The van der Waals surface area contributed by atoms with Gasteiger partial charge in [0.2, 0.25) is 21.8 Å². The summed E-state index contributed by atoms with van der Waals surface area (Å²) in [6, 6.07) is 9.62. The minimum absolute atomic E-state index is 0.00493. The molecule has 0 bridgehead atoms. The third kappa shape index (κ3) is 7.06. The first kappa shape index (κ1) is 26.9. The van der Waals surface area contributed by atoms with E-state index in [0.29, 0.717) is 15.6 Å². The third-order valence-corrected chi connectivity index (χ3v) is 6.97. The van der Waals surface area contributed by atoms with Gasteiger partial charge in [-0.1, -0.05) is 41.4 Å². The quantitative estimate of drug-likeness (QED) is 0.518. The van der Waals surface area contributed by atoms with Crippen molar-refractivity contribution in [2.24, 2.45) is 0 Å². The summed E-state index contributed by atoms with van der Waals surface area (Å²) in [5.41, 5.74) is 0.403. The summed E-state index contributed by atoms with van der Waals surface area (Å²) in [4.78, 5) is 26.7. The van der Waals surface area contributed by atoms with E-state index in [0.717, 1.165) is 10.6 Å². The number of likely N-dealkylation sites (N-methyl/N-ethyl adjacent to an activating group) is 1. The molecule has 0 unspecified atom stereocenters. The zero-order valence-electron chi connectivity index (χ0n) is 18.5.